The van der Waals surface area contributed by atoms with Crippen LogP contribution in [-0.2, 0) is 19.0 Å². The first kappa shape index (κ1) is 13.6. The lowest BCUT2D eigenvalue weighted by Crippen LogP contribution is -2.49. The first-order valence-electron chi connectivity index (χ1n) is 6.60. The Morgan fingerprint density at radius 1 is 1.33 bits per heavy atom. The van der Waals surface area contributed by atoms with Gasteiger partial charge >= 0.3 is 5.97 Å². The van der Waals surface area contributed by atoms with Crippen LogP contribution in [0.2, 0.25) is 0 Å². The van der Waals surface area contributed by atoms with Gasteiger partial charge in [0.15, 0.2) is 5.79 Å². The van der Waals surface area contributed by atoms with Gasteiger partial charge in [0.05, 0.1) is 19.8 Å². The summed E-state index contributed by atoms with van der Waals surface area (Å²) in [6.45, 7) is 9.63. The van der Waals surface area contributed by atoms with Crippen LogP contribution in [0.15, 0.2) is 11.1 Å². The van der Waals surface area contributed by atoms with Crippen LogP contribution in [0.4, 0.5) is 0 Å². The van der Waals surface area contributed by atoms with Gasteiger partial charge in [0.1, 0.15) is 0 Å². The van der Waals surface area contributed by atoms with E-state index in [4.69, 9.17) is 14.2 Å². The van der Waals surface area contributed by atoms with E-state index in [9.17, 15) is 4.79 Å². The number of carbonyl (C=O) groups is 1. The van der Waals surface area contributed by atoms with Crippen molar-refractivity contribution < 1.29 is 19.0 Å². The SMILES string of the molecule is CCOC(=O)C1=C(C)C(C)(C)C2(CC1)OCCO2. The molecule has 0 aromatic heterocycles. The molecule has 0 N–H and O–H groups in total. The van der Waals surface area contributed by atoms with Crippen molar-refractivity contribution in [2.45, 2.75) is 46.3 Å². The zero-order valence-corrected chi connectivity index (χ0v) is 11.7. The number of ether oxygens (including phenoxy) is 3. The summed E-state index contributed by atoms with van der Waals surface area (Å²) in [5.41, 5.74) is 1.50. The molecule has 0 amide bonds. The van der Waals surface area contributed by atoms with Crippen molar-refractivity contribution >= 4 is 5.97 Å². The van der Waals surface area contributed by atoms with Crippen LogP contribution in [0, 0.1) is 5.41 Å². The molecule has 1 heterocycles. The van der Waals surface area contributed by atoms with Gasteiger partial charge in [-0.1, -0.05) is 19.4 Å². The van der Waals surface area contributed by atoms with Gasteiger partial charge in [0, 0.05) is 17.4 Å². The highest BCUT2D eigenvalue weighted by atomic mass is 16.7. The fourth-order valence-corrected chi connectivity index (χ4v) is 2.89. The summed E-state index contributed by atoms with van der Waals surface area (Å²) in [6.07, 6.45) is 1.37. The molecule has 102 valence electrons. The maximum atomic E-state index is 11.9. The molecule has 1 saturated heterocycles. The molecule has 1 aliphatic carbocycles. The minimum absolute atomic E-state index is 0.198. The molecule has 1 aliphatic heterocycles. The lowest BCUT2D eigenvalue weighted by molar-refractivity contribution is -0.224. The minimum Gasteiger partial charge on any atom is -0.463 e. The highest BCUT2D eigenvalue weighted by molar-refractivity contribution is 5.89. The average Bonchev–Trinajstić information content (AvgIpc) is 2.78. The van der Waals surface area contributed by atoms with Gasteiger partial charge in [-0.15, -0.1) is 0 Å². The van der Waals surface area contributed by atoms with Gasteiger partial charge in [-0.25, -0.2) is 4.79 Å². The van der Waals surface area contributed by atoms with Crippen molar-refractivity contribution in [3.63, 3.8) is 0 Å². The van der Waals surface area contributed by atoms with Crippen molar-refractivity contribution in [3.05, 3.63) is 11.1 Å². The third-order valence-electron chi connectivity index (χ3n) is 4.32. The smallest absolute Gasteiger partial charge is 0.333 e. The van der Waals surface area contributed by atoms with Crippen molar-refractivity contribution in [1.82, 2.24) is 0 Å². The second-order valence-corrected chi connectivity index (χ2v) is 5.40. The van der Waals surface area contributed by atoms with E-state index in [2.05, 4.69) is 13.8 Å². The molecule has 1 fully saturated rings. The largest absolute Gasteiger partial charge is 0.463 e. The highest BCUT2D eigenvalue weighted by Gasteiger charge is 2.54. The second-order valence-electron chi connectivity index (χ2n) is 5.40. The Hall–Kier alpha value is -0.870. The Labute approximate surface area is 108 Å². The summed E-state index contributed by atoms with van der Waals surface area (Å²) in [4.78, 5) is 11.9. The van der Waals surface area contributed by atoms with Gasteiger partial charge < -0.3 is 14.2 Å². The maximum absolute atomic E-state index is 11.9. The van der Waals surface area contributed by atoms with Gasteiger partial charge in [-0.05, 0) is 20.3 Å². The van der Waals surface area contributed by atoms with E-state index < -0.39 is 5.79 Å². The highest BCUT2D eigenvalue weighted by Crippen LogP contribution is 2.51. The molecular weight excluding hydrogens is 232 g/mol. The molecule has 0 bridgehead atoms. The van der Waals surface area contributed by atoms with Crippen LogP contribution < -0.4 is 0 Å². The second kappa shape index (κ2) is 4.67. The van der Waals surface area contributed by atoms with Gasteiger partial charge in [-0.2, -0.15) is 0 Å². The van der Waals surface area contributed by atoms with Crippen LogP contribution in [-0.4, -0.2) is 31.6 Å². The Kier molecular flexibility index (Phi) is 3.52. The predicted octanol–water partition coefficient (Wildman–Crippen LogP) is 2.43. The molecule has 0 aromatic carbocycles. The van der Waals surface area contributed by atoms with Gasteiger partial charge in [-0.3, -0.25) is 0 Å². The Bertz CT molecular complexity index is 375. The van der Waals surface area contributed by atoms with Crippen molar-refractivity contribution in [3.8, 4) is 0 Å². The van der Waals surface area contributed by atoms with Crippen LogP contribution in [0.1, 0.15) is 40.5 Å². The lowest BCUT2D eigenvalue weighted by atomic mass is 9.68. The number of hydrogen-bond donors (Lipinski definition) is 0. The van der Waals surface area contributed by atoms with Crippen LogP contribution >= 0.6 is 0 Å². The van der Waals surface area contributed by atoms with E-state index in [-0.39, 0.29) is 11.4 Å². The molecule has 18 heavy (non-hydrogen) atoms. The van der Waals surface area contributed by atoms with E-state index in [1.165, 1.54) is 0 Å². The summed E-state index contributed by atoms with van der Waals surface area (Å²) in [5.74, 6) is -0.761. The third kappa shape index (κ3) is 1.88. The first-order valence-corrected chi connectivity index (χ1v) is 6.60. The van der Waals surface area contributed by atoms with Gasteiger partial charge in [0.2, 0.25) is 0 Å². The molecule has 2 aliphatic rings. The molecule has 2 rings (SSSR count). The summed E-state index contributed by atoms with van der Waals surface area (Å²) in [5, 5.41) is 0. The van der Waals surface area contributed by atoms with Crippen LogP contribution in [0.5, 0.6) is 0 Å². The molecule has 0 aromatic rings. The van der Waals surface area contributed by atoms with Crippen molar-refractivity contribution in [1.29, 1.82) is 0 Å². The Morgan fingerprint density at radius 2 is 1.94 bits per heavy atom. The average molecular weight is 254 g/mol. The summed E-state index contributed by atoms with van der Waals surface area (Å²) in [6, 6.07) is 0. The Balaban J connectivity index is 2.33. The molecule has 0 atom stereocenters. The Morgan fingerprint density at radius 3 is 2.50 bits per heavy atom. The molecule has 0 saturated carbocycles. The molecule has 4 heteroatoms. The quantitative estimate of drug-likeness (QED) is 0.710. The molecule has 0 unspecified atom stereocenters. The summed E-state index contributed by atoms with van der Waals surface area (Å²) in [7, 11) is 0. The van der Waals surface area contributed by atoms with E-state index in [1.54, 1.807) is 0 Å². The normalized spacial score (nSPS) is 25.6. The van der Waals surface area contributed by atoms with Crippen LogP contribution in [0.3, 0.4) is 0 Å². The summed E-state index contributed by atoms with van der Waals surface area (Å²) >= 11 is 0. The monoisotopic (exact) mass is 254 g/mol. The fourth-order valence-electron chi connectivity index (χ4n) is 2.89. The maximum Gasteiger partial charge on any atom is 0.333 e. The van der Waals surface area contributed by atoms with E-state index in [1.807, 2.05) is 13.8 Å². The first-order chi connectivity index (χ1) is 8.44. The zero-order valence-electron chi connectivity index (χ0n) is 11.7. The van der Waals surface area contributed by atoms with Gasteiger partial charge in [0.25, 0.3) is 0 Å². The fraction of sp³-hybridized carbons (Fsp3) is 0.786. The number of esters is 1. The zero-order chi connectivity index (χ0) is 13.4. The third-order valence-corrected chi connectivity index (χ3v) is 4.32. The van der Waals surface area contributed by atoms with Crippen LogP contribution in [0.25, 0.3) is 0 Å². The molecular formula is C14H22O4. The predicted molar refractivity (Wildman–Crippen MR) is 67.0 cm³/mol. The number of carbonyl (C=O) groups excluding carboxylic acids is 1. The number of hydrogen-bond acceptors (Lipinski definition) is 4. The van der Waals surface area contributed by atoms with E-state index in [0.717, 1.165) is 11.1 Å². The molecule has 0 radical (unpaired) electrons. The van der Waals surface area contributed by atoms with E-state index in [0.29, 0.717) is 32.7 Å². The minimum atomic E-state index is -0.562. The van der Waals surface area contributed by atoms with Crippen molar-refractivity contribution in [2.24, 2.45) is 5.41 Å². The standard InChI is InChI=1S/C14H22O4/c1-5-16-12(15)11-6-7-14(17-8-9-18-14)13(3,4)10(11)2/h5-9H2,1-4H3. The topological polar surface area (TPSA) is 44.8 Å². The molecule has 1 spiro atoms. The number of rotatable bonds is 2. The summed E-state index contributed by atoms with van der Waals surface area (Å²) < 4.78 is 16.8. The van der Waals surface area contributed by atoms with Crippen molar-refractivity contribution in [2.75, 3.05) is 19.8 Å². The molecule has 4 nitrogen and oxygen atoms in total. The lowest BCUT2D eigenvalue weighted by Gasteiger charge is -2.46. The van der Waals surface area contributed by atoms with E-state index >= 15 is 0 Å².